The fourth-order valence-electron chi connectivity index (χ4n) is 1.36. The average Bonchev–Trinajstić information content (AvgIpc) is 2.42. The zero-order chi connectivity index (χ0) is 15.3. The highest BCUT2D eigenvalue weighted by Crippen LogP contribution is 2.34. The van der Waals surface area contributed by atoms with Gasteiger partial charge >= 0.3 is 5.97 Å². The molecular formula is C13H15BrFNO3S. The highest BCUT2D eigenvalue weighted by atomic mass is 79.9. The molecule has 1 amide bonds. The quantitative estimate of drug-likeness (QED) is 0.641. The number of carbonyl (C=O) groups excluding carboxylic acids is 2. The van der Waals surface area contributed by atoms with E-state index >= 15 is 0 Å². The first-order valence-electron chi connectivity index (χ1n) is 5.92. The summed E-state index contributed by atoms with van der Waals surface area (Å²) < 4.78 is 18.9. The predicted molar refractivity (Wildman–Crippen MR) is 80.4 cm³/mol. The Morgan fingerprint density at radius 2 is 2.15 bits per heavy atom. The molecule has 0 heterocycles. The molecule has 1 aromatic carbocycles. The van der Waals surface area contributed by atoms with Crippen molar-refractivity contribution in [3.05, 3.63) is 22.4 Å². The van der Waals surface area contributed by atoms with Crippen LogP contribution in [-0.4, -0.2) is 24.2 Å². The number of anilines is 1. The second-order valence-electron chi connectivity index (χ2n) is 3.95. The third-order valence-electron chi connectivity index (χ3n) is 2.45. The topological polar surface area (TPSA) is 55.4 Å². The third-order valence-corrected chi connectivity index (χ3v) is 4.51. The second kappa shape index (κ2) is 7.64. The van der Waals surface area contributed by atoms with Crippen LogP contribution in [0.15, 0.2) is 21.5 Å². The maximum Gasteiger partial charge on any atom is 0.318 e. The lowest BCUT2D eigenvalue weighted by atomic mass is 10.3. The van der Waals surface area contributed by atoms with Crippen molar-refractivity contribution in [3.63, 3.8) is 0 Å². The molecule has 0 bridgehead atoms. The molecule has 1 N–H and O–H groups in total. The molecule has 0 aliphatic heterocycles. The second-order valence-corrected chi connectivity index (χ2v) is 6.18. The van der Waals surface area contributed by atoms with E-state index in [1.807, 2.05) is 0 Å². The van der Waals surface area contributed by atoms with E-state index in [4.69, 9.17) is 0 Å². The van der Waals surface area contributed by atoms with Crippen molar-refractivity contribution in [2.75, 3.05) is 12.4 Å². The molecule has 7 heteroatoms. The van der Waals surface area contributed by atoms with Gasteiger partial charge in [0.25, 0.3) is 0 Å². The van der Waals surface area contributed by atoms with Crippen molar-refractivity contribution in [2.24, 2.45) is 0 Å². The summed E-state index contributed by atoms with van der Waals surface area (Å²) in [6, 6.07) is 2.76. The SMILES string of the molecule is CCC(=O)Nc1cc(SC(C)C(=O)OC)c(Br)cc1F. The number of amides is 1. The van der Waals surface area contributed by atoms with E-state index in [-0.39, 0.29) is 24.0 Å². The van der Waals surface area contributed by atoms with Crippen LogP contribution in [0, 0.1) is 5.82 Å². The molecule has 0 spiro atoms. The lowest BCUT2D eigenvalue weighted by Crippen LogP contribution is -2.15. The Kier molecular flexibility index (Phi) is 6.48. The minimum absolute atomic E-state index is 0.0969. The first-order chi connectivity index (χ1) is 9.38. The Balaban J connectivity index is 2.99. The Morgan fingerprint density at radius 3 is 2.70 bits per heavy atom. The molecular weight excluding hydrogens is 349 g/mol. The van der Waals surface area contributed by atoms with E-state index in [0.29, 0.717) is 9.37 Å². The first kappa shape index (κ1) is 17.0. The molecule has 4 nitrogen and oxygen atoms in total. The number of hydrogen-bond acceptors (Lipinski definition) is 4. The minimum Gasteiger partial charge on any atom is -0.468 e. The van der Waals surface area contributed by atoms with E-state index in [9.17, 15) is 14.0 Å². The maximum absolute atomic E-state index is 13.7. The van der Waals surface area contributed by atoms with Crippen LogP contribution in [0.3, 0.4) is 0 Å². The van der Waals surface area contributed by atoms with E-state index in [1.54, 1.807) is 13.8 Å². The summed E-state index contributed by atoms with van der Waals surface area (Å²) in [7, 11) is 1.31. The number of esters is 1. The minimum atomic E-state index is -0.534. The van der Waals surface area contributed by atoms with Gasteiger partial charge in [0, 0.05) is 15.8 Å². The normalized spacial score (nSPS) is 11.8. The van der Waals surface area contributed by atoms with E-state index in [2.05, 4.69) is 26.0 Å². The maximum atomic E-state index is 13.7. The monoisotopic (exact) mass is 363 g/mol. The number of carbonyl (C=O) groups is 2. The molecule has 20 heavy (non-hydrogen) atoms. The van der Waals surface area contributed by atoms with Gasteiger partial charge in [-0.05, 0) is 35.0 Å². The fourth-order valence-corrected chi connectivity index (χ4v) is 2.88. The van der Waals surface area contributed by atoms with Gasteiger partial charge in [0.1, 0.15) is 11.1 Å². The standard InChI is InChI=1S/C13H15BrFNO3S/c1-4-12(17)16-10-6-11(8(14)5-9(10)15)20-7(2)13(18)19-3/h5-7H,4H2,1-3H3,(H,16,17). The van der Waals surface area contributed by atoms with Gasteiger partial charge in [0.05, 0.1) is 12.8 Å². The summed E-state index contributed by atoms with van der Waals surface area (Å²) in [4.78, 5) is 23.4. The van der Waals surface area contributed by atoms with Gasteiger partial charge in [0.15, 0.2) is 0 Å². The van der Waals surface area contributed by atoms with Crippen LogP contribution in [0.1, 0.15) is 20.3 Å². The largest absolute Gasteiger partial charge is 0.468 e. The molecule has 1 atom stereocenters. The van der Waals surface area contributed by atoms with Gasteiger partial charge in [0.2, 0.25) is 5.91 Å². The van der Waals surface area contributed by atoms with Crippen LogP contribution in [0.5, 0.6) is 0 Å². The van der Waals surface area contributed by atoms with Crippen LogP contribution < -0.4 is 5.32 Å². The number of nitrogens with one attached hydrogen (secondary N) is 1. The lowest BCUT2D eigenvalue weighted by molar-refractivity contribution is -0.139. The molecule has 0 aliphatic carbocycles. The van der Waals surface area contributed by atoms with Crippen molar-refractivity contribution in [1.29, 1.82) is 0 Å². The Bertz CT molecular complexity index is 525. The molecule has 0 fully saturated rings. The summed E-state index contributed by atoms with van der Waals surface area (Å²) in [6.45, 7) is 3.37. The molecule has 0 aliphatic rings. The van der Waals surface area contributed by atoms with Crippen molar-refractivity contribution < 1.29 is 18.7 Å². The summed E-state index contributed by atoms with van der Waals surface area (Å²) in [5.41, 5.74) is 0.0969. The number of thioether (sulfide) groups is 1. The van der Waals surface area contributed by atoms with E-state index in [0.717, 1.165) is 0 Å². The Hall–Kier alpha value is -1.08. The first-order valence-corrected chi connectivity index (χ1v) is 7.59. The van der Waals surface area contributed by atoms with E-state index in [1.165, 1.54) is 31.0 Å². The molecule has 0 radical (unpaired) electrons. The lowest BCUT2D eigenvalue weighted by Gasteiger charge is -2.13. The van der Waals surface area contributed by atoms with Crippen molar-refractivity contribution in [2.45, 2.75) is 30.4 Å². The van der Waals surface area contributed by atoms with Gasteiger partial charge in [-0.25, -0.2) is 4.39 Å². The summed E-state index contributed by atoms with van der Waals surface area (Å²) in [5, 5.41) is 2.05. The van der Waals surface area contributed by atoms with Crippen LogP contribution >= 0.6 is 27.7 Å². The smallest absolute Gasteiger partial charge is 0.318 e. The van der Waals surface area contributed by atoms with Gasteiger partial charge in [-0.1, -0.05) is 6.92 Å². The molecule has 110 valence electrons. The highest BCUT2D eigenvalue weighted by Gasteiger charge is 2.18. The molecule has 1 unspecified atom stereocenters. The number of hydrogen-bond donors (Lipinski definition) is 1. The van der Waals surface area contributed by atoms with Crippen LogP contribution in [0.25, 0.3) is 0 Å². The number of ether oxygens (including phenoxy) is 1. The zero-order valence-corrected chi connectivity index (χ0v) is 13.7. The number of benzene rings is 1. The Morgan fingerprint density at radius 1 is 1.50 bits per heavy atom. The van der Waals surface area contributed by atoms with Crippen LogP contribution in [0.2, 0.25) is 0 Å². The van der Waals surface area contributed by atoms with Crippen molar-refractivity contribution >= 4 is 45.3 Å². The highest BCUT2D eigenvalue weighted by molar-refractivity contribution is 9.10. The van der Waals surface area contributed by atoms with Gasteiger partial charge in [-0.2, -0.15) is 0 Å². The molecule has 1 rings (SSSR count). The van der Waals surface area contributed by atoms with Crippen LogP contribution in [0.4, 0.5) is 10.1 Å². The van der Waals surface area contributed by atoms with Crippen molar-refractivity contribution in [1.82, 2.24) is 0 Å². The molecule has 1 aromatic rings. The predicted octanol–water partition coefficient (Wildman–Crippen LogP) is 3.59. The summed E-state index contributed by atoms with van der Waals surface area (Å²) in [6.07, 6.45) is 0.260. The van der Waals surface area contributed by atoms with E-state index < -0.39 is 11.1 Å². The molecule has 0 aromatic heterocycles. The Labute approximate surface area is 129 Å². The third kappa shape index (κ3) is 4.49. The van der Waals surface area contributed by atoms with Crippen molar-refractivity contribution in [3.8, 4) is 0 Å². The van der Waals surface area contributed by atoms with Gasteiger partial charge in [-0.15, -0.1) is 11.8 Å². The van der Waals surface area contributed by atoms with Gasteiger partial charge in [-0.3, -0.25) is 9.59 Å². The molecule has 0 saturated carbocycles. The van der Waals surface area contributed by atoms with Crippen LogP contribution in [-0.2, 0) is 14.3 Å². The summed E-state index contributed by atoms with van der Waals surface area (Å²) >= 11 is 4.46. The number of halogens is 2. The summed E-state index contributed by atoms with van der Waals surface area (Å²) in [5.74, 6) is -1.18. The van der Waals surface area contributed by atoms with Gasteiger partial charge < -0.3 is 10.1 Å². The zero-order valence-electron chi connectivity index (χ0n) is 11.3. The number of methoxy groups -OCH3 is 1. The average molecular weight is 364 g/mol. The fraction of sp³-hybridized carbons (Fsp3) is 0.385. The number of rotatable bonds is 5. The molecule has 0 saturated heterocycles.